The molecular formula is C23H26N6O3S. The van der Waals surface area contributed by atoms with E-state index in [4.69, 9.17) is 16.0 Å². The van der Waals surface area contributed by atoms with Crippen LogP contribution in [-0.2, 0) is 11.1 Å². The van der Waals surface area contributed by atoms with Crippen LogP contribution >= 0.6 is 0 Å². The topological polar surface area (TPSA) is 156 Å². The second-order valence-electron chi connectivity index (χ2n) is 8.00. The Hall–Kier alpha value is -3.34. The molecule has 0 aliphatic heterocycles. The number of hydrogen-bond donors (Lipinski definition) is 5. The number of primary amides is 1. The summed E-state index contributed by atoms with van der Waals surface area (Å²) >= 11 is -2.00. The summed E-state index contributed by atoms with van der Waals surface area (Å²) in [5.74, 6) is 0.0751. The van der Waals surface area contributed by atoms with E-state index in [1.54, 1.807) is 24.3 Å². The van der Waals surface area contributed by atoms with E-state index in [1.807, 2.05) is 24.3 Å². The molecule has 7 N–H and O–H groups in total. The van der Waals surface area contributed by atoms with Crippen LogP contribution in [-0.4, -0.2) is 36.7 Å². The number of amides is 1. The fourth-order valence-corrected chi connectivity index (χ4v) is 4.25. The molecule has 0 bridgehead atoms. The molecule has 33 heavy (non-hydrogen) atoms. The van der Waals surface area contributed by atoms with Gasteiger partial charge >= 0.3 is 0 Å². The number of benzene rings is 2. The fourth-order valence-electron chi connectivity index (χ4n) is 3.88. The highest BCUT2D eigenvalue weighted by molar-refractivity contribution is 7.79. The molecule has 2 aromatic carbocycles. The number of nitrogens with one attached hydrogen (secondary N) is 2. The lowest BCUT2D eigenvalue weighted by Crippen LogP contribution is -2.43. The lowest BCUT2D eigenvalue weighted by atomic mass is 9.91. The Morgan fingerprint density at radius 3 is 2.27 bits per heavy atom. The Labute approximate surface area is 194 Å². The van der Waals surface area contributed by atoms with Gasteiger partial charge in [-0.25, -0.2) is 9.19 Å². The maximum Gasteiger partial charge on any atom is 0.254 e. The van der Waals surface area contributed by atoms with Gasteiger partial charge in [0.2, 0.25) is 5.95 Å². The predicted octanol–water partition coefficient (Wildman–Crippen LogP) is 3.25. The highest BCUT2D eigenvalue weighted by Gasteiger charge is 2.23. The van der Waals surface area contributed by atoms with Gasteiger partial charge in [-0.2, -0.15) is 4.98 Å². The molecule has 3 aromatic rings. The highest BCUT2D eigenvalue weighted by atomic mass is 32.2. The molecule has 0 spiro atoms. The van der Waals surface area contributed by atoms with E-state index >= 15 is 0 Å². The van der Waals surface area contributed by atoms with Crippen LogP contribution in [0.3, 0.4) is 0 Å². The van der Waals surface area contributed by atoms with E-state index in [9.17, 15) is 9.00 Å². The molecule has 3 atom stereocenters. The van der Waals surface area contributed by atoms with Crippen molar-refractivity contribution in [1.82, 2.24) is 9.97 Å². The van der Waals surface area contributed by atoms with E-state index in [-0.39, 0.29) is 17.6 Å². The molecule has 1 fully saturated rings. The Kier molecular flexibility index (Phi) is 6.97. The van der Waals surface area contributed by atoms with Gasteiger partial charge < -0.3 is 26.7 Å². The lowest BCUT2D eigenvalue weighted by molar-refractivity contribution is 0.100. The zero-order valence-corrected chi connectivity index (χ0v) is 18.7. The van der Waals surface area contributed by atoms with Crippen LogP contribution in [0.2, 0.25) is 0 Å². The summed E-state index contributed by atoms with van der Waals surface area (Å²) in [6.07, 6.45) is 5.53. The van der Waals surface area contributed by atoms with Gasteiger partial charge in [-0.1, -0.05) is 37.1 Å². The van der Waals surface area contributed by atoms with Crippen LogP contribution in [0, 0.1) is 0 Å². The maximum atomic E-state index is 11.9. The van der Waals surface area contributed by atoms with Crippen molar-refractivity contribution in [3.63, 3.8) is 0 Å². The monoisotopic (exact) mass is 466 g/mol. The third-order valence-electron chi connectivity index (χ3n) is 5.73. The zero-order chi connectivity index (χ0) is 23.4. The molecule has 1 aliphatic carbocycles. The minimum absolute atomic E-state index is 0.0357. The van der Waals surface area contributed by atoms with Crippen molar-refractivity contribution in [2.75, 3.05) is 10.6 Å². The smallest absolute Gasteiger partial charge is 0.254 e. The first-order chi connectivity index (χ1) is 15.9. The zero-order valence-electron chi connectivity index (χ0n) is 17.9. The second-order valence-corrected chi connectivity index (χ2v) is 8.96. The molecule has 0 saturated heterocycles. The largest absolute Gasteiger partial charge is 0.365 e. The second kappa shape index (κ2) is 10.1. The van der Waals surface area contributed by atoms with Crippen LogP contribution in [0.5, 0.6) is 0 Å². The molecule has 0 radical (unpaired) electrons. The van der Waals surface area contributed by atoms with Crippen molar-refractivity contribution >= 4 is 34.4 Å². The molecule has 1 saturated carbocycles. The first-order valence-electron chi connectivity index (χ1n) is 10.7. The molecule has 10 heteroatoms. The first-order valence-corrected chi connectivity index (χ1v) is 11.8. The Morgan fingerprint density at radius 1 is 1.03 bits per heavy atom. The van der Waals surface area contributed by atoms with Gasteiger partial charge in [0.25, 0.3) is 5.91 Å². The summed E-state index contributed by atoms with van der Waals surface area (Å²) in [5.41, 5.74) is 14.5. The number of carbonyl (C=O) groups excluding carboxylic acids is 1. The van der Waals surface area contributed by atoms with Crippen molar-refractivity contribution in [3.05, 3.63) is 60.3 Å². The number of anilines is 3. The molecular weight excluding hydrogens is 440 g/mol. The fraction of sp³-hybridized carbons (Fsp3) is 0.261. The molecule has 4 rings (SSSR count). The summed E-state index contributed by atoms with van der Waals surface area (Å²) < 4.78 is 20.3. The minimum atomic E-state index is -2.00. The maximum absolute atomic E-state index is 11.9. The normalized spacial score (nSPS) is 19.0. The molecule has 9 nitrogen and oxygen atoms in total. The van der Waals surface area contributed by atoms with Crippen LogP contribution in [0.4, 0.5) is 17.5 Å². The summed E-state index contributed by atoms with van der Waals surface area (Å²) in [7, 11) is 0. The van der Waals surface area contributed by atoms with Crippen molar-refractivity contribution in [1.29, 1.82) is 0 Å². The average Bonchev–Trinajstić information content (AvgIpc) is 2.81. The molecule has 1 amide bonds. The van der Waals surface area contributed by atoms with E-state index in [0.29, 0.717) is 22.3 Å². The van der Waals surface area contributed by atoms with Gasteiger partial charge in [-0.05, 0) is 48.2 Å². The van der Waals surface area contributed by atoms with Crippen LogP contribution < -0.4 is 22.1 Å². The van der Waals surface area contributed by atoms with Gasteiger partial charge in [0, 0.05) is 24.0 Å². The van der Waals surface area contributed by atoms with Gasteiger partial charge in [-0.15, -0.1) is 0 Å². The SMILES string of the molecule is NC(=O)c1cnc(NC2CCCCC2N)nc1Nc1ccc(-c2ccc(S(=O)O)cc2)cc1. The summed E-state index contributed by atoms with van der Waals surface area (Å²) in [6.45, 7) is 0. The van der Waals surface area contributed by atoms with E-state index in [1.165, 1.54) is 6.20 Å². The van der Waals surface area contributed by atoms with Crippen molar-refractivity contribution in [2.24, 2.45) is 11.5 Å². The number of nitrogens with two attached hydrogens (primary N) is 2. The van der Waals surface area contributed by atoms with Gasteiger partial charge in [0.1, 0.15) is 11.4 Å². The predicted molar refractivity (Wildman–Crippen MR) is 129 cm³/mol. The van der Waals surface area contributed by atoms with Crippen LogP contribution in [0.1, 0.15) is 36.0 Å². The lowest BCUT2D eigenvalue weighted by Gasteiger charge is -2.29. The molecule has 1 aromatic heterocycles. The van der Waals surface area contributed by atoms with E-state index < -0.39 is 17.0 Å². The third kappa shape index (κ3) is 5.54. The minimum Gasteiger partial charge on any atom is -0.365 e. The quantitative estimate of drug-likeness (QED) is 0.332. The van der Waals surface area contributed by atoms with E-state index in [2.05, 4.69) is 20.6 Å². The number of aromatic nitrogens is 2. The molecule has 1 heterocycles. The number of rotatable bonds is 7. The standard InChI is InChI=1S/C23H26N6O3S/c24-19-3-1-2-4-20(19)28-23-26-13-18(21(25)30)22(29-23)27-16-9-5-14(6-10-16)15-7-11-17(12-8-15)33(31)32/h5-13,19-20H,1-4,24H2,(H2,25,30)(H,31,32)(H2,26,27,28,29). The summed E-state index contributed by atoms with van der Waals surface area (Å²) in [6, 6.07) is 14.4. The highest BCUT2D eigenvalue weighted by Crippen LogP contribution is 2.26. The van der Waals surface area contributed by atoms with Crippen molar-refractivity contribution < 1.29 is 13.6 Å². The Morgan fingerprint density at radius 2 is 1.67 bits per heavy atom. The Balaban J connectivity index is 1.53. The van der Waals surface area contributed by atoms with Gasteiger partial charge in [0.15, 0.2) is 11.1 Å². The number of carbonyl (C=O) groups is 1. The van der Waals surface area contributed by atoms with Crippen LogP contribution in [0.15, 0.2) is 59.6 Å². The molecule has 172 valence electrons. The van der Waals surface area contributed by atoms with Crippen LogP contribution in [0.25, 0.3) is 11.1 Å². The van der Waals surface area contributed by atoms with Crippen molar-refractivity contribution in [3.8, 4) is 11.1 Å². The number of hydrogen-bond acceptors (Lipinski definition) is 7. The first kappa shape index (κ1) is 22.8. The molecule has 1 aliphatic rings. The third-order valence-corrected chi connectivity index (χ3v) is 6.40. The molecule has 3 unspecified atom stereocenters. The van der Waals surface area contributed by atoms with Crippen molar-refractivity contribution in [2.45, 2.75) is 42.7 Å². The average molecular weight is 467 g/mol. The number of nitrogens with zero attached hydrogens (tertiary/aromatic N) is 2. The Bertz CT molecular complexity index is 1150. The van der Waals surface area contributed by atoms with Gasteiger partial charge in [-0.3, -0.25) is 4.79 Å². The van der Waals surface area contributed by atoms with Gasteiger partial charge in [0.05, 0.1) is 4.90 Å². The van der Waals surface area contributed by atoms with E-state index in [0.717, 1.165) is 36.8 Å². The summed E-state index contributed by atoms with van der Waals surface area (Å²) in [5, 5.41) is 6.44. The summed E-state index contributed by atoms with van der Waals surface area (Å²) in [4.78, 5) is 21.0.